The molecule has 0 spiro atoms. The van der Waals surface area contributed by atoms with E-state index in [-0.39, 0.29) is 0 Å². The quantitative estimate of drug-likeness (QED) is 0.743. The molecule has 0 saturated heterocycles. The van der Waals surface area contributed by atoms with Crippen molar-refractivity contribution in [2.75, 3.05) is 5.73 Å². The van der Waals surface area contributed by atoms with Gasteiger partial charge in [-0.3, -0.25) is 0 Å². The number of rotatable bonds is 4. The van der Waals surface area contributed by atoms with E-state index < -0.39 is 0 Å². The second-order valence-electron chi connectivity index (χ2n) is 4.40. The smallest absolute Gasteiger partial charge is 0.0320 e. The minimum Gasteiger partial charge on any atom is -0.399 e. The van der Waals surface area contributed by atoms with Crippen molar-refractivity contribution in [1.29, 1.82) is 0 Å². The first kappa shape index (κ1) is 12.1. The molecule has 0 saturated carbocycles. The Kier molecular flexibility index (Phi) is 4.15. The molecule has 1 atom stereocenters. The lowest BCUT2D eigenvalue weighted by atomic mass is 10.0. The second-order valence-corrected chi connectivity index (χ2v) is 4.40. The number of anilines is 1. The van der Waals surface area contributed by atoms with Gasteiger partial charge in [0.1, 0.15) is 0 Å². The Bertz CT molecular complexity index is 318. The van der Waals surface area contributed by atoms with Crippen LogP contribution in [0.25, 0.3) is 0 Å². The molecule has 1 rings (SSSR count). The van der Waals surface area contributed by atoms with E-state index in [1.807, 2.05) is 6.07 Å². The van der Waals surface area contributed by atoms with E-state index in [0.717, 1.165) is 12.1 Å². The Labute approximate surface area is 92.9 Å². The van der Waals surface area contributed by atoms with Crippen molar-refractivity contribution in [3.8, 4) is 0 Å². The number of nitrogens with one attached hydrogen (secondary N) is 1. The summed E-state index contributed by atoms with van der Waals surface area (Å²) in [6.07, 6.45) is 1.03. The van der Waals surface area contributed by atoms with Crippen molar-refractivity contribution in [2.45, 2.75) is 46.2 Å². The molecule has 15 heavy (non-hydrogen) atoms. The lowest BCUT2D eigenvalue weighted by Gasteiger charge is -2.18. The Hall–Kier alpha value is -1.02. The van der Waals surface area contributed by atoms with Crippen molar-refractivity contribution >= 4 is 5.69 Å². The van der Waals surface area contributed by atoms with E-state index in [4.69, 9.17) is 5.73 Å². The molecule has 0 fully saturated rings. The lowest BCUT2D eigenvalue weighted by molar-refractivity contribution is 0.506. The van der Waals surface area contributed by atoms with Crippen molar-refractivity contribution in [1.82, 2.24) is 5.32 Å². The van der Waals surface area contributed by atoms with Crippen LogP contribution in [0, 0.1) is 0 Å². The Morgan fingerprint density at radius 3 is 2.40 bits per heavy atom. The minimum absolute atomic E-state index is 0.360. The highest BCUT2D eigenvalue weighted by atomic mass is 14.9. The predicted octanol–water partition coefficient (Wildman–Crippen LogP) is 2.89. The van der Waals surface area contributed by atoms with Gasteiger partial charge in [0.15, 0.2) is 0 Å². The van der Waals surface area contributed by atoms with Crippen molar-refractivity contribution < 1.29 is 0 Å². The number of nitrogen functional groups attached to an aromatic ring is 1. The van der Waals surface area contributed by atoms with Crippen LogP contribution in [0.2, 0.25) is 0 Å². The number of benzene rings is 1. The van der Waals surface area contributed by atoms with Gasteiger partial charge >= 0.3 is 0 Å². The molecule has 2 nitrogen and oxygen atoms in total. The molecule has 0 aromatic heterocycles. The van der Waals surface area contributed by atoms with Crippen molar-refractivity contribution in [3.05, 3.63) is 29.3 Å². The van der Waals surface area contributed by atoms with Gasteiger partial charge in [-0.1, -0.05) is 26.8 Å². The number of nitrogens with two attached hydrogens (primary N) is 1. The monoisotopic (exact) mass is 206 g/mol. The lowest BCUT2D eigenvalue weighted by Crippen LogP contribution is -2.26. The second kappa shape index (κ2) is 5.17. The van der Waals surface area contributed by atoms with Crippen LogP contribution in [-0.4, -0.2) is 6.04 Å². The molecular formula is C13H22N2. The van der Waals surface area contributed by atoms with Crippen molar-refractivity contribution in [2.24, 2.45) is 0 Å². The number of hydrogen-bond donors (Lipinski definition) is 2. The van der Waals surface area contributed by atoms with Gasteiger partial charge < -0.3 is 11.1 Å². The van der Waals surface area contributed by atoms with Crippen LogP contribution in [0.4, 0.5) is 5.69 Å². The van der Waals surface area contributed by atoms with Crippen LogP contribution in [0.1, 0.15) is 44.9 Å². The molecule has 1 aromatic carbocycles. The molecule has 0 heterocycles. The minimum atomic E-state index is 0.360. The normalized spacial score (nSPS) is 13.1. The third kappa shape index (κ3) is 3.56. The molecule has 0 unspecified atom stereocenters. The third-order valence-corrected chi connectivity index (χ3v) is 2.53. The van der Waals surface area contributed by atoms with E-state index in [1.165, 1.54) is 11.1 Å². The Balaban J connectivity index is 2.88. The highest BCUT2D eigenvalue weighted by molar-refractivity contribution is 5.45. The first-order valence-electron chi connectivity index (χ1n) is 5.68. The third-order valence-electron chi connectivity index (χ3n) is 2.53. The Morgan fingerprint density at radius 2 is 1.87 bits per heavy atom. The summed E-state index contributed by atoms with van der Waals surface area (Å²) >= 11 is 0. The number of hydrogen-bond acceptors (Lipinski definition) is 2. The zero-order chi connectivity index (χ0) is 11.4. The van der Waals surface area contributed by atoms with Gasteiger partial charge in [-0.05, 0) is 36.6 Å². The fourth-order valence-corrected chi connectivity index (χ4v) is 1.80. The molecule has 2 heteroatoms. The summed E-state index contributed by atoms with van der Waals surface area (Å²) in [5, 5.41) is 3.48. The van der Waals surface area contributed by atoms with Crippen LogP contribution in [-0.2, 0) is 6.42 Å². The largest absolute Gasteiger partial charge is 0.399 e. The van der Waals surface area contributed by atoms with E-state index in [0.29, 0.717) is 12.1 Å². The first-order chi connectivity index (χ1) is 7.02. The van der Waals surface area contributed by atoms with Crippen LogP contribution >= 0.6 is 0 Å². The molecule has 0 bridgehead atoms. The maximum absolute atomic E-state index is 5.88. The molecule has 0 aliphatic carbocycles. The summed E-state index contributed by atoms with van der Waals surface area (Å²) in [4.78, 5) is 0. The van der Waals surface area contributed by atoms with E-state index in [1.54, 1.807) is 0 Å². The topological polar surface area (TPSA) is 38.0 Å². The van der Waals surface area contributed by atoms with Gasteiger partial charge in [-0.15, -0.1) is 0 Å². The molecule has 0 amide bonds. The summed E-state index contributed by atoms with van der Waals surface area (Å²) in [5.74, 6) is 0. The van der Waals surface area contributed by atoms with Crippen LogP contribution in [0.3, 0.4) is 0 Å². The SMILES string of the molecule is CCc1cc(N)cc([C@@H](C)NC(C)C)c1. The fourth-order valence-electron chi connectivity index (χ4n) is 1.80. The fraction of sp³-hybridized carbons (Fsp3) is 0.538. The summed E-state index contributed by atoms with van der Waals surface area (Å²) in [6.45, 7) is 8.64. The number of aryl methyl sites for hydroxylation is 1. The Morgan fingerprint density at radius 1 is 1.20 bits per heavy atom. The highest BCUT2D eigenvalue weighted by Gasteiger charge is 2.07. The zero-order valence-electron chi connectivity index (χ0n) is 10.2. The van der Waals surface area contributed by atoms with Gasteiger partial charge in [-0.25, -0.2) is 0 Å². The van der Waals surface area contributed by atoms with E-state index in [9.17, 15) is 0 Å². The molecule has 3 N–H and O–H groups in total. The first-order valence-corrected chi connectivity index (χ1v) is 5.68. The van der Waals surface area contributed by atoms with Gasteiger partial charge in [0.2, 0.25) is 0 Å². The molecule has 1 aromatic rings. The van der Waals surface area contributed by atoms with Gasteiger partial charge in [0.25, 0.3) is 0 Å². The maximum Gasteiger partial charge on any atom is 0.0320 e. The average Bonchev–Trinajstić information content (AvgIpc) is 2.15. The highest BCUT2D eigenvalue weighted by Crippen LogP contribution is 2.19. The molecule has 0 radical (unpaired) electrons. The van der Waals surface area contributed by atoms with Gasteiger partial charge in [-0.2, -0.15) is 0 Å². The van der Waals surface area contributed by atoms with Gasteiger partial charge in [0.05, 0.1) is 0 Å². The average molecular weight is 206 g/mol. The van der Waals surface area contributed by atoms with E-state index >= 15 is 0 Å². The van der Waals surface area contributed by atoms with E-state index in [2.05, 4.69) is 45.1 Å². The molecule has 0 aliphatic rings. The van der Waals surface area contributed by atoms with Crippen LogP contribution in [0.5, 0.6) is 0 Å². The summed E-state index contributed by atoms with van der Waals surface area (Å²) in [7, 11) is 0. The standard InChI is InChI=1S/C13H22N2/c1-5-11-6-12(8-13(14)7-11)10(4)15-9(2)3/h6-10,15H,5,14H2,1-4H3/t10-/m1/s1. The zero-order valence-corrected chi connectivity index (χ0v) is 10.2. The molecule has 84 valence electrons. The predicted molar refractivity (Wildman–Crippen MR) is 66.9 cm³/mol. The van der Waals surface area contributed by atoms with Gasteiger partial charge in [0, 0.05) is 17.8 Å². The van der Waals surface area contributed by atoms with Crippen LogP contribution < -0.4 is 11.1 Å². The summed E-state index contributed by atoms with van der Waals surface area (Å²) in [5.41, 5.74) is 9.32. The maximum atomic E-state index is 5.88. The molecular weight excluding hydrogens is 184 g/mol. The van der Waals surface area contributed by atoms with Crippen LogP contribution in [0.15, 0.2) is 18.2 Å². The summed E-state index contributed by atoms with van der Waals surface area (Å²) in [6, 6.07) is 7.19. The molecule has 0 aliphatic heterocycles. The van der Waals surface area contributed by atoms with Crippen molar-refractivity contribution in [3.63, 3.8) is 0 Å². The summed E-state index contributed by atoms with van der Waals surface area (Å²) < 4.78 is 0.